The highest BCUT2D eigenvalue weighted by molar-refractivity contribution is 7.85. The van der Waals surface area contributed by atoms with Gasteiger partial charge in [0.25, 0.3) is 10.1 Å². The predicted octanol–water partition coefficient (Wildman–Crippen LogP) is 0.849. The molecule has 0 amide bonds. The van der Waals surface area contributed by atoms with Crippen LogP contribution in [0.4, 0.5) is 0 Å². The summed E-state index contributed by atoms with van der Waals surface area (Å²) in [5.41, 5.74) is 0.996. The Hall–Kier alpha value is -0.610. The lowest BCUT2D eigenvalue weighted by Crippen LogP contribution is -2.05. The molecule has 0 saturated heterocycles. The van der Waals surface area contributed by atoms with E-state index in [4.69, 9.17) is 0 Å². The first-order valence-electron chi connectivity index (χ1n) is 3.27. The van der Waals surface area contributed by atoms with Gasteiger partial charge in [-0.3, -0.25) is 4.18 Å². The lowest BCUT2D eigenvalue weighted by molar-refractivity contribution is 0.351. The van der Waals surface area contributed by atoms with E-state index < -0.39 is 10.1 Å². The summed E-state index contributed by atoms with van der Waals surface area (Å²) in [5.74, 6) is 0. The molecule has 0 N–H and O–H groups in total. The van der Waals surface area contributed by atoms with E-state index in [9.17, 15) is 8.42 Å². The monoisotopic (exact) mass is 174 g/mol. The Balaban J connectivity index is 2.35. The molecule has 0 aromatic rings. The fourth-order valence-corrected chi connectivity index (χ4v) is 1.15. The van der Waals surface area contributed by atoms with E-state index in [-0.39, 0.29) is 6.61 Å². The van der Waals surface area contributed by atoms with Crippen LogP contribution in [0.5, 0.6) is 0 Å². The Morgan fingerprint density at radius 2 is 2.36 bits per heavy atom. The van der Waals surface area contributed by atoms with E-state index in [1.165, 1.54) is 0 Å². The van der Waals surface area contributed by atoms with Gasteiger partial charge in [-0.1, -0.05) is 18.2 Å². The average Bonchev–Trinajstić information content (AvgIpc) is 2.32. The van der Waals surface area contributed by atoms with Crippen LogP contribution in [0.2, 0.25) is 0 Å². The van der Waals surface area contributed by atoms with E-state index in [0.717, 1.165) is 18.2 Å². The molecular formula is C7H10O3S. The molecule has 3 nitrogen and oxygen atoms in total. The maximum atomic E-state index is 10.5. The van der Waals surface area contributed by atoms with Gasteiger partial charge in [0.05, 0.1) is 12.9 Å². The van der Waals surface area contributed by atoms with E-state index in [2.05, 4.69) is 4.18 Å². The van der Waals surface area contributed by atoms with Crippen LogP contribution in [0.1, 0.15) is 6.42 Å². The van der Waals surface area contributed by atoms with Gasteiger partial charge in [0.1, 0.15) is 0 Å². The molecule has 0 aromatic heterocycles. The van der Waals surface area contributed by atoms with E-state index in [1.54, 1.807) is 0 Å². The molecule has 0 saturated carbocycles. The second kappa shape index (κ2) is 3.19. The number of rotatable bonds is 3. The first-order chi connectivity index (χ1) is 5.08. The third-order valence-electron chi connectivity index (χ3n) is 1.31. The summed E-state index contributed by atoms with van der Waals surface area (Å²) in [5, 5.41) is 0. The fourth-order valence-electron chi connectivity index (χ4n) is 0.781. The maximum absolute atomic E-state index is 10.5. The fraction of sp³-hybridized carbons (Fsp3) is 0.429. The zero-order valence-electron chi connectivity index (χ0n) is 6.28. The normalized spacial score (nSPS) is 17.0. The molecule has 1 aliphatic carbocycles. The van der Waals surface area contributed by atoms with E-state index in [0.29, 0.717) is 0 Å². The van der Waals surface area contributed by atoms with Gasteiger partial charge in [0.2, 0.25) is 0 Å². The van der Waals surface area contributed by atoms with Crippen molar-refractivity contribution in [2.24, 2.45) is 0 Å². The standard InChI is InChI=1S/C7H10O3S/c1-11(8,9)10-6-7-4-2-3-5-7/h2-4H,5-6H2,1H3. The highest BCUT2D eigenvalue weighted by atomic mass is 32.2. The van der Waals surface area contributed by atoms with Crippen LogP contribution in [0.25, 0.3) is 0 Å². The van der Waals surface area contributed by atoms with Gasteiger partial charge >= 0.3 is 0 Å². The lowest BCUT2D eigenvalue weighted by Gasteiger charge is -2.00. The van der Waals surface area contributed by atoms with Crippen LogP contribution in [0, 0.1) is 0 Å². The largest absolute Gasteiger partial charge is 0.266 e. The van der Waals surface area contributed by atoms with Crippen LogP contribution < -0.4 is 0 Å². The second-order valence-electron chi connectivity index (χ2n) is 2.42. The van der Waals surface area contributed by atoms with Crippen molar-refractivity contribution < 1.29 is 12.6 Å². The quantitative estimate of drug-likeness (QED) is 0.596. The molecule has 11 heavy (non-hydrogen) atoms. The van der Waals surface area contributed by atoms with Gasteiger partial charge in [0.15, 0.2) is 0 Å². The third kappa shape index (κ3) is 3.34. The molecular weight excluding hydrogens is 164 g/mol. The number of hydrogen-bond donors (Lipinski definition) is 0. The van der Waals surface area contributed by atoms with Crippen molar-refractivity contribution >= 4 is 10.1 Å². The molecule has 0 unspecified atom stereocenters. The average molecular weight is 174 g/mol. The highest BCUT2D eigenvalue weighted by Gasteiger charge is 2.04. The summed E-state index contributed by atoms with van der Waals surface area (Å²) in [7, 11) is -3.28. The third-order valence-corrected chi connectivity index (χ3v) is 1.85. The molecule has 0 fully saturated rings. The van der Waals surface area contributed by atoms with Crippen molar-refractivity contribution in [3.8, 4) is 0 Å². The Labute approximate surface area is 66.5 Å². The van der Waals surface area contributed by atoms with Gasteiger partial charge in [0, 0.05) is 0 Å². The Bertz CT molecular complexity index is 285. The molecule has 0 aliphatic heterocycles. The number of hydrogen-bond acceptors (Lipinski definition) is 3. The molecule has 0 aromatic carbocycles. The topological polar surface area (TPSA) is 43.4 Å². The first-order valence-corrected chi connectivity index (χ1v) is 5.08. The van der Waals surface area contributed by atoms with Crippen molar-refractivity contribution in [1.82, 2.24) is 0 Å². The predicted molar refractivity (Wildman–Crippen MR) is 42.6 cm³/mol. The molecule has 0 atom stereocenters. The smallest absolute Gasteiger partial charge is 0.264 e. The van der Waals surface area contributed by atoms with Crippen LogP contribution >= 0.6 is 0 Å². The van der Waals surface area contributed by atoms with Crippen molar-refractivity contribution in [2.45, 2.75) is 6.42 Å². The summed E-state index contributed by atoms with van der Waals surface area (Å²) in [6.07, 6.45) is 7.57. The van der Waals surface area contributed by atoms with Crippen LogP contribution in [0.15, 0.2) is 23.8 Å². The molecule has 4 heteroatoms. The van der Waals surface area contributed by atoms with Crippen LogP contribution in [0.3, 0.4) is 0 Å². The summed E-state index contributed by atoms with van der Waals surface area (Å²) >= 11 is 0. The van der Waals surface area contributed by atoms with Gasteiger partial charge in [-0.25, -0.2) is 0 Å². The zero-order chi connectivity index (χ0) is 8.32. The second-order valence-corrected chi connectivity index (χ2v) is 4.07. The lowest BCUT2D eigenvalue weighted by atomic mass is 10.3. The van der Waals surface area contributed by atoms with Crippen LogP contribution in [-0.2, 0) is 14.3 Å². The SMILES string of the molecule is CS(=O)(=O)OCC1=CC=CC1. The summed E-state index contributed by atoms with van der Waals surface area (Å²) in [6, 6.07) is 0. The minimum Gasteiger partial charge on any atom is -0.266 e. The summed E-state index contributed by atoms with van der Waals surface area (Å²) < 4.78 is 25.6. The van der Waals surface area contributed by atoms with E-state index >= 15 is 0 Å². The van der Waals surface area contributed by atoms with Gasteiger partial charge in [-0.15, -0.1) is 0 Å². The molecule has 1 rings (SSSR count). The maximum Gasteiger partial charge on any atom is 0.264 e. The first kappa shape index (κ1) is 8.49. The Morgan fingerprint density at radius 1 is 1.64 bits per heavy atom. The van der Waals surface area contributed by atoms with Crippen molar-refractivity contribution in [3.05, 3.63) is 23.8 Å². The zero-order valence-corrected chi connectivity index (χ0v) is 7.10. The van der Waals surface area contributed by atoms with E-state index in [1.807, 2.05) is 18.2 Å². The van der Waals surface area contributed by atoms with Gasteiger partial charge in [-0.2, -0.15) is 8.42 Å². The Kier molecular flexibility index (Phi) is 2.46. The molecule has 1 aliphatic rings. The Morgan fingerprint density at radius 3 is 2.82 bits per heavy atom. The van der Waals surface area contributed by atoms with Crippen molar-refractivity contribution in [1.29, 1.82) is 0 Å². The number of allylic oxidation sites excluding steroid dienone is 3. The molecule has 0 bridgehead atoms. The summed E-state index contributed by atoms with van der Waals surface area (Å²) in [6.45, 7) is 0.186. The molecule has 62 valence electrons. The highest BCUT2D eigenvalue weighted by Crippen LogP contribution is 2.10. The van der Waals surface area contributed by atoms with Gasteiger partial charge in [-0.05, 0) is 12.0 Å². The van der Waals surface area contributed by atoms with Crippen molar-refractivity contribution in [3.63, 3.8) is 0 Å². The minimum atomic E-state index is -3.28. The molecule has 0 spiro atoms. The van der Waals surface area contributed by atoms with Gasteiger partial charge < -0.3 is 0 Å². The molecule has 0 heterocycles. The van der Waals surface area contributed by atoms with Crippen LogP contribution in [-0.4, -0.2) is 21.3 Å². The van der Waals surface area contributed by atoms with Crippen molar-refractivity contribution in [2.75, 3.05) is 12.9 Å². The molecule has 0 radical (unpaired) electrons. The minimum absolute atomic E-state index is 0.186. The summed E-state index contributed by atoms with van der Waals surface area (Å²) in [4.78, 5) is 0.